The molecule has 0 N–H and O–H groups in total. The van der Waals surface area contributed by atoms with Gasteiger partial charge in [-0.05, 0) is 31.1 Å². The monoisotopic (exact) mass is 324 g/mol. The number of benzene rings is 1. The standard InChI is InChI=1S/C20H24N2S/c1-3-16-21-18-15-10-6-5-9-14(15)13-20(11-7-4-8-12-20)17(18)19(22-16)23-2/h5-6,9-10H,3-4,7-8,11-13H2,1-2H3. The second kappa shape index (κ2) is 5.94. The third-order valence-corrected chi connectivity index (χ3v) is 6.26. The van der Waals surface area contributed by atoms with Crippen LogP contribution in [0.1, 0.15) is 56.0 Å². The molecular weight excluding hydrogens is 300 g/mol. The van der Waals surface area contributed by atoms with E-state index in [4.69, 9.17) is 9.97 Å². The van der Waals surface area contributed by atoms with Crippen molar-refractivity contribution in [2.75, 3.05) is 6.26 Å². The first-order chi connectivity index (χ1) is 11.3. The van der Waals surface area contributed by atoms with Gasteiger partial charge in [0.15, 0.2) is 0 Å². The Morgan fingerprint density at radius 2 is 1.87 bits per heavy atom. The van der Waals surface area contributed by atoms with Crippen molar-refractivity contribution in [2.45, 2.75) is 62.3 Å². The lowest BCUT2D eigenvalue weighted by atomic mass is 9.62. The van der Waals surface area contributed by atoms with Gasteiger partial charge in [0.25, 0.3) is 0 Å². The third-order valence-electron chi connectivity index (χ3n) is 5.57. The summed E-state index contributed by atoms with van der Waals surface area (Å²) in [5.74, 6) is 0.982. The molecule has 2 nitrogen and oxygen atoms in total. The van der Waals surface area contributed by atoms with Gasteiger partial charge < -0.3 is 0 Å². The summed E-state index contributed by atoms with van der Waals surface area (Å²) in [6.07, 6.45) is 10.9. The highest BCUT2D eigenvalue weighted by Gasteiger charge is 2.42. The number of nitrogens with zero attached hydrogens (tertiary/aromatic N) is 2. The van der Waals surface area contributed by atoms with Crippen LogP contribution in [0, 0.1) is 0 Å². The zero-order valence-electron chi connectivity index (χ0n) is 14.1. The molecule has 0 atom stereocenters. The van der Waals surface area contributed by atoms with E-state index in [2.05, 4.69) is 37.4 Å². The van der Waals surface area contributed by atoms with Crippen LogP contribution in [0.2, 0.25) is 0 Å². The molecule has 23 heavy (non-hydrogen) atoms. The molecule has 2 aliphatic carbocycles. The summed E-state index contributed by atoms with van der Waals surface area (Å²) in [6.45, 7) is 2.15. The Hall–Kier alpha value is -1.35. The summed E-state index contributed by atoms with van der Waals surface area (Å²) in [5.41, 5.74) is 5.78. The Labute approximate surface area is 143 Å². The van der Waals surface area contributed by atoms with Gasteiger partial charge in [-0.25, -0.2) is 9.97 Å². The van der Waals surface area contributed by atoms with Gasteiger partial charge in [0.1, 0.15) is 10.9 Å². The Balaban J connectivity index is 2.01. The van der Waals surface area contributed by atoms with Gasteiger partial charge in [0, 0.05) is 23.0 Å². The molecule has 3 heteroatoms. The van der Waals surface area contributed by atoms with Crippen LogP contribution in [0.15, 0.2) is 29.3 Å². The first-order valence-corrected chi connectivity index (χ1v) is 10.0. The minimum Gasteiger partial charge on any atom is -0.233 e. The molecule has 0 aliphatic heterocycles. The number of rotatable bonds is 2. The Morgan fingerprint density at radius 3 is 2.61 bits per heavy atom. The van der Waals surface area contributed by atoms with Crippen LogP contribution in [0.3, 0.4) is 0 Å². The maximum absolute atomic E-state index is 5.01. The van der Waals surface area contributed by atoms with Crippen LogP contribution in [-0.2, 0) is 18.3 Å². The molecule has 1 heterocycles. The zero-order chi connectivity index (χ0) is 15.9. The predicted octanol–water partition coefficient (Wildman–Crippen LogP) is 5.19. The number of hydrogen-bond acceptors (Lipinski definition) is 3. The molecule has 1 saturated carbocycles. The lowest BCUT2D eigenvalue weighted by molar-refractivity contribution is 0.281. The second-order valence-electron chi connectivity index (χ2n) is 6.90. The molecule has 1 aromatic carbocycles. The summed E-state index contributed by atoms with van der Waals surface area (Å²) in [7, 11) is 0. The molecule has 1 spiro atoms. The topological polar surface area (TPSA) is 25.8 Å². The molecule has 4 rings (SSSR count). The third kappa shape index (κ3) is 2.40. The van der Waals surface area contributed by atoms with Crippen LogP contribution < -0.4 is 0 Å². The SMILES string of the molecule is CCc1nc(SC)c2c(n1)-c1ccccc1CC21CCCCC1. The average Bonchev–Trinajstić information content (AvgIpc) is 2.61. The molecule has 2 aromatic rings. The van der Waals surface area contributed by atoms with Gasteiger partial charge in [0.05, 0.1) is 5.69 Å². The van der Waals surface area contributed by atoms with E-state index in [-0.39, 0.29) is 5.41 Å². The molecule has 0 amide bonds. The maximum Gasteiger partial charge on any atom is 0.130 e. The first kappa shape index (κ1) is 15.2. The van der Waals surface area contributed by atoms with Gasteiger partial charge in [-0.3, -0.25) is 0 Å². The van der Waals surface area contributed by atoms with Crippen LogP contribution in [0.25, 0.3) is 11.3 Å². The summed E-state index contributed by atoms with van der Waals surface area (Å²) in [5, 5.41) is 1.23. The summed E-state index contributed by atoms with van der Waals surface area (Å²) < 4.78 is 0. The van der Waals surface area contributed by atoms with Crippen molar-refractivity contribution >= 4 is 11.8 Å². The minimum absolute atomic E-state index is 0.270. The maximum atomic E-state index is 5.01. The average molecular weight is 324 g/mol. The van der Waals surface area contributed by atoms with Gasteiger partial charge in [-0.15, -0.1) is 11.8 Å². The molecule has 120 valence electrons. The van der Waals surface area contributed by atoms with Gasteiger partial charge in [0.2, 0.25) is 0 Å². The molecule has 1 fully saturated rings. The normalized spacial score (nSPS) is 18.5. The Bertz CT molecular complexity index is 732. The largest absolute Gasteiger partial charge is 0.233 e. The van der Waals surface area contributed by atoms with Crippen molar-refractivity contribution < 1.29 is 0 Å². The lowest BCUT2D eigenvalue weighted by Gasteiger charge is -2.43. The minimum atomic E-state index is 0.270. The molecular formula is C20H24N2S. The molecule has 0 bridgehead atoms. The summed E-state index contributed by atoms with van der Waals surface area (Å²) in [4.78, 5) is 9.90. The van der Waals surface area contributed by atoms with E-state index in [1.54, 1.807) is 11.8 Å². The molecule has 2 aliphatic rings. The fourth-order valence-corrected chi connectivity index (χ4v) is 5.19. The predicted molar refractivity (Wildman–Crippen MR) is 97.1 cm³/mol. The fourth-order valence-electron chi connectivity index (χ4n) is 4.48. The van der Waals surface area contributed by atoms with Crippen molar-refractivity contribution in [1.29, 1.82) is 0 Å². The number of thioether (sulfide) groups is 1. The van der Waals surface area contributed by atoms with Crippen molar-refractivity contribution in [3.8, 4) is 11.3 Å². The van der Waals surface area contributed by atoms with Gasteiger partial charge >= 0.3 is 0 Å². The van der Waals surface area contributed by atoms with E-state index in [1.807, 2.05) is 0 Å². The highest BCUT2D eigenvalue weighted by molar-refractivity contribution is 7.98. The first-order valence-electron chi connectivity index (χ1n) is 8.81. The number of fused-ring (bicyclic) bond motifs is 4. The zero-order valence-corrected chi connectivity index (χ0v) is 14.9. The Kier molecular flexibility index (Phi) is 3.92. The van der Waals surface area contributed by atoms with Gasteiger partial charge in [-0.2, -0.15) is 0 Å². The van der Waals surface area contributed by atoms with Gasteiger partial charge in [-0.1, -0.05) is 50.5 Å². The number of aryl methyl sites for hydroxylation is 1. The Morgan fingerprint density at radius 1 is 1.09 bits per heavy atom. The smallest absolute Gasteiger partial charge is 0.130 e. The highest BCUT2D eigenvalue weighted by Crippen LogP contribution is 2.52. The number of hydrogen-bond donors (Lipinski definition) is 0. The fraction of sp³-hybridized carbons (Fsp3) is 0.500. The lowest BCUT2D eigenvalue weighted by Crippen LogP contribution is -2.36. The van der Waals surface area contributed by atoms with Crippen molar-refractivity contribution in [3.05, 3.63) is 41.2 Å². The molecule has 0 unspecified atom stereocenters. The van der Waals surface area contributed by atoms with Crippen LogP contribution in [0.4, 0.5) is 0 Å². The van der Waals surface area contributed by atoms with E-state index in [9.17, 15) is 0 Å². The van der Waals surface area contributed by atoms with Crippen LogP contribution in [0.5, 0.6) is 0 Å². The van der Waals surface area contributed by atoms with Crippen molar-refractivity contribution in [3.63, 3.8) is 0 Å². The molecule has 0 saturated heterocycles. The van der Waals surface area contributed by atoms with Crippen molar-refractivity contribution in [2.24, 2.45) is 0 Å². The van der Waals surface area contributed by atoms with Crippen LogP contribution in [-0.4, -0.2) is 16.2 Å². The van der Waals surface area contributed by atoms with E-state index < -0.39 is 0 Å². The van der Waals surface area contributed by atoms with E-state index in [0.29, 0.717) is 0 Å². The quantitative estimate of drug-likeness (QED) is 0.562. The van der Waals surface area contributed by atoms with E-state index >= 15 is 0 Å². The van der Waals surface area contributed by atoms with E-state index in [0.717, 1.165) is 12.2 Å². The molecule has 1 aromatic heterocycles. The summed E-state index contributed by atoms with van der Waals surface area (Å²) >= 11 is 1.80. The van der Waals surface area contributed by atoms with Crippen molar-refractivity contribution in [1.82, 2.24) is 9.97 Å². The molecule has 0 radical (unpaired) electrons. The summed E-state index contributed by atoms with van der Waals surface area (Å²) in [6, 6.07) is 8.88. The van der Waals surface area contributed by atoms with Crippen LogP contribution >= 0.6 is 11.8 Å². The second-order valence-corrected chi connectivity index (χ2v) is 7.70. The number of aromatic nitrogens is 2. The van der Waals surface area contributed by atoms with E-state index in [1.165, 1.54) is 65.9 Å². The highest BCUT2D eigenvalue weighted by atomic mass is 32.2.